The summed E-state index contributed by atoms with van der Waals surface area (Å²) < 4.78 is 63.8. The Labute approximate surface area is 114 Å². The second kappa shape index (κ2) is 5.34. The number of alkyl halides is 3. The Kier molecular flexibility index (Phi) is 4.07. The first-order chi connectivity index (χ1) is 9.20. The van der Waals surface area contributed by atoms with Gasteiger partial charge in [-0.25, -0.2) is 13.4 Å². The van der Waals surface area contributed by atoms with E-state index in [1.165, 1.54) is 26.2 Å². The van der Waals surface area contributed by atoms with Gasteiger partial charge in [0.25, 0.3) is 10.0 Å². The molecule has 10 heteroatoms. The average Bonchev–Trinajstić information content (AvgIpc) is 2.74. The molecule has 0 bridgehead atoms. The van der Waals surface area contributed by atoms with Crippen LogP contribution in [0.3, 0.4) is 0 Å². The van der Waals surface area contributed by atoms with Gasteiger partial charge in [0.1, 0.15) is 0 Å². The van der Waals surface area contributed by atoms with Crippen LogP contribution in [0.15, 0.2) is 17.6 Å². The highest BCUT2D eigenvalue weighted by Crippen LogP contribution is 2.20. The quantitative estimate of drug-likeness (QED) is 0.805. The molecule has 1 aromatic heterocycles. The smallest absolute Gasteiger partial charge is 0.324 e. The molecule has 0 saturated carbocycles. The third kappa shape index (κ3) is 3.30. The van der Waals surface area contributed by atoms with E-state index in [4.69, 9.17) is 0 Å². The molecule has 114 valence electrons. The molecular formula is C10H15F3N4O2S. The van der Waals surface area contributed by atoms with E-state index in [-0.39, 0.29) is 31.3 Å². The van der Waals surface area contributed by atoms with Crippen molar-refractivity contribution < 1.29 is 21.6 Å². The first-order valence-corrected chi connectivity index (χ1v) is 7.41. The summed E-state index contributed by atoms with van der Waals surface area (Å²) in [6.45, 7) is -0.827. The molecule has 6 nitrogen and oxygen atoms in total. The van der Waals surface area contributed by atoms with Gasteiger partial charge in [0.15, 0.2) is 0 Å². The van der Waals surface area contributed by atoms with E-state index in [0.717, 1.165) is 0 Å². The standard InChI is InChI=1S/C10H15F3N4O2S/c1-15-3-2-14-9(15)20(18,19)17-6-4-16(5-7-17)8-10(11,12)13/h2-3H,4-8H2,1H3. The third-order valence-corrected chi connectivity index (χ3v) is 4.98. The second-order valence-electron chi connectivity index (χ2n) is 4.62. The summed E-state index contributed by atoms with van der Waals surface area (Å²) in [5.74, 6) is 0. The lowest BCUT2D eigenvalue weighted by molar-refractivity contribution is -0.148. The molecule has 0 aliphatic carbocycles. The summed E-state index contributed by atoms with van der Waals surface area (Å²) in [5, 5.41) is -0.0956. The minimum Gasteiger partial charge on any atom is -0.324 e. The maximum absolute atomic E-state index is 12.3. The van der Waals surface area contributed by atoms with Gasteiger partial charge in [-0.2, -0.15) is 17.5 Å². The van der Waals surface area contributed by atoms with E-state index < -0.39 is 22.7 Å². The maximum Gasteiger partial charge on any atom is 0.401 e. The number of rotatable bonds is 3. The van der Waals surface area contributed by atoms with Crippen LogP contribution >= 0.6 is 0 Å². The van der Waals surface area contributed by atoms with Crippen LogP contribution in [-0.2, 0) is 17.1 Å². The fraction of sp³-hybridized carbons (Fsp3) is 0.700. The Morgan fingerprint density at radius 3 is 2.30 bits per heavy atom. The number of hydrogen-bond acceptors (Lipinski definition) is 4. The predicted molar refractivity (Wildman–Crippen MR) is 64.5 cm³/mol. The lowest BCUT2D eigenvalue weighted by Crippen LogP contribution is -2.51. The van der Waals surface area contributed by atoms with Crippen LogP contribution in [0.25, 0.3) is 0 Å². The van der Waals surface area contributed by atoms with Crippen LogP contribution in [0.2, 0.25) is 0 Å². The van der Waals surface area contributed by atoms with Crippen molar-refractivity contribution in [1.82, 2.24) is 18.8 Å². The van der Waals surface area contributed by atoms with Gasteiger partial charge in [-0.3, -0.25) is 4.90 Å². The van der Waals surface area contributed by atoms with Crippen molar-refractivity contribution in [3.8, 4) is 0 Å². The SMILES string of the molecule is Cn1ccnc1S(=O)(=O)N1CCN(CC(F)(F)F)CC1. The van der Waals surface area contributed by atoms with E-state index in [0.29, 0.717) is 0 Å². The van der Waals surface area contributed by atoms with Gasteiger partial charge in [0.2, 0.25) is 5.16 Å². The Bertz CT molecular complexity index is 561. The van der Waals surface area contributed by atoms with Crippen LogP contribution < -0.4 is 0 Å². The van der Waals surface area contributed by atoms with Gasteiger partial charge in [0, 0.05) is 45.6 Å². The summed E-state index contributed by atoms with van der Waals surface area (Å²) >= 11 is 0. The van der Waals surface area contributed by atoms with E-state index in [1.54, 1.807) is 7.05 Å². The largest absolute Gasteiger partial charge is 0.401 e. The number of sulfonamides is 1. The van der Waals surface area contributed by atoms with Crippen LogP contribution in [-0.4, -0.2) is 66.1 Å². The van der Waals surface area contributed by atoms with Crippen molar-refractivity contribution >= 4 is 10.0 Å². The highest BCUT2D eigenvalue weighted by molar-refractivity contribution is 7.89. The third-order valence-electron chi connectivity index (χ3n) is 3.08. The first kappa shape index (κ1) is 15.3. The van der Waals surface area contributed by atoms with Gasteiger partial charge < -0.3 is 4.57 Å². The highest BCUT2D eigenvalue weighted by atomic mass is 32.2. The summed E-state index contributed by atoms with van der Waals surface area (Å²) in [5.41, 5.74) is 0. The number of aryl methyl sites for hydroxylation is 1. The molecule has 2 rings (SSSR count). The van der Waals surface area contributed by atoms with Gasteiger partial charge in [-0.05, 0) is 0 Å². The Hall–Kier alpha value is -1.13. The van der Waals surface area contributed by atoms with Crippen molar-refractivity contribution in [1.29, 1.82) is 0 Å². The molecule has 1 aliphatic rings. The summed E-state index contributed by atoms with van der Waals surface area (Å²) in [4.78, 5) is 4.98. The number of imidazole rings is 1. The Morgan fingerprint density at radius 1 is 1.25 bits per heavy atom. The number of piperazine rings is 1. The van der Waals surface area contributed by atoms with Crippen molar-refractivity contribution in [2.24, 2.45) is 7.05 Å². The lowest BCUT2D eigenvalue weighted by atomic mass is 10.3. The molecule has 0 N–H and O–H groups in total. The molecule has 1 aliphatic heterocycles. The van der Waals surface area contributed by atoms with E-state index >= 15 is 0 Å². The van der Waals surface area contributed by atoms with Gasteiger partial charge in [-0.15, -0.1) is 0 Å². The van der Waals surface area contributed by atoms with Crippen LogP contribution in [0.4, 0.5) is 13.2 Å². The van der Waals surface area contributed by atoms with Crippen molar-refractivity contribution in [2.45, 2.75) is 11.3 Å². The fourth-order valence-electron chi connectivity index (χ4n) is 2.10. The van der Waals surface area contributed by atoms with Crippen LogP contribution in [0, 0.1) is 0 Å². The topological polar surface area (TPSA) is 58.4 Å². The highest BCUT2D eigenvalue weighted by Gasteiger charge is 2.35. The maximum atomic E-state index is 12.3. The molecule has 0 atom stereocenters. The summed E-state index contributed by atoms with van der Waals surface area (Å²) in [6, 6.07) is 0. The molecule has 20 heavy (non-hydrogen) atoms. The second-order valence-corrected chi connectivity index (χ2v) is 6.45. The van der Waals surface area contributed by atoms with E-state index in [1.807, 2.05) is 0 Å². The minimum atomic E-state index is -4.26. The number of aromatic nitrogens is 2. The molecule has 1 aromatic rings. The molecule has 1 saturated heterocycles. The van der Waals surface area contributed by atoms with Gasteiger partial charge >= 0.3 is 6.18 Å². The zero-order valence-corrected chi connectivity index (χ0v) is 11.7. The summed E-state index contributed by atoms with van der Waals surface area (Å²) in [7, 11) is -2.18. The van der Waals surface area contributed by atoms with Gasteiger partial charge in [-0.1, -0.05) is 0 Å². The molecule has 0 spiro atoms. The van der Waals surface area contributed by atoms with Crippen molar-refractivity contribution in [2.75, 3.05) is 32.7 Å². The first-order valence-electron chi connectivity index (χ1n) is 5.97. The van der Waals surface area contributed by atoms with E-state index in [9.17, 15) is 21.6 Å². The van der Waals surface area contributed by atoms with Crippen LogP contribution in [0.5, 0.6) is 0 Å². The molecule has 1 fully saturated rings. The minimum absolute atomic E-state index is 0.0330. The molecule has 0 radical (unpaired) electrons. The van der Waals surface area contributed by atoms with E-state index in [2.05, 4.69) is 4.98 Å². The Morgan fingerprint density at radius 2 is 1.85 bits per heavy atom. The van der Waals surface area contributed by atoms with Gasteiger partial charge in [0.05, 0.1) is 6.54 Å². The number of hydrogen-bond donors (Lipinski definition) is 0. The molecular weight excluding hydrogens is 297 g/mol. The van der Waals surface area contributed by atoms with Crippen molar-refractivity contribution in [3.63, 3.8) is 0 Å². The molecule has 2 heterocycles. The number of halogens is 3. The normalized spacial score (nSPS) is 19.4. The average molecular weight is 312 g/mol. The van der Waals surface area contributed by atoms with Crippen LogP contribution in [0.1, 0.15) is 0 Å². The predicted octanol–water partition coefficient (Wildman–Crippen LogP) is 0.289. The molecule has 0 aromatic carbocycles. The zero-order chi connectivity index (χ0) is 15.0. The fourth-order valence-corrected chi connectivity index (χ4v) is 3.59. The van der Waals surface area contributed by atoms with Crippen molar-refractivity contribution in [3.05, 3.63) is 12.4 Å². The molecule has 0 unspecified atom stereocenters. The molecule has 0 amide bonds. The number of nitrogens with zero attached hydrogens (tertiary/aromatic N) is 4. The lowest BCUT2D eigenvalue weighted by Gasteiger charge is -2.33. The zero-order valence-electron chi connectivity index (χ0n) is 10.8. The monoisotopic (exact) mass is 312 g/mol. The Balaban J connectivity index is 2.02. The summed E-state index contributed by atoms with van der Waals surface area (Å²) in [6.07, 6.45) is -1.39.